The van der Waals surface area contributed by atoms with Gasteiger partial charge in [0.05, 0.1) is 25.4 Å². The topological polar surface area (TPSA) is 99.4 Å². The molecule has 0 bridgehead atoms. The fourth-order valence-corrected chi connectivity index (χ4v) is 3.27. The number of amides is 1. The van der Waals surface area contributed by atoms with Crippen LogP contribution in [0.2, 0.25) is 0 Å². The van der Waals surface area contributed by atoms with E-state index in [1.165, 1.54) is 0 Å². The van der Waals surface area contributed by atoms with Crippen molar-refractivity contribution in [1.82, 2.24) is 15.1 Å². The minimum absolute atomic E-state index is 0.0732. The number of rotatable bonds is 8. The van der Waals surface area contributed by atoms with E-state index in [0.29, 0.717) is 42.5 Å². The third kappa shape index (κ3) is 4.63. The Bertz CT molecular complexity index is 1200. The van der Waals surface area contributed by atoms with Crippen LogP contribution in [0.3, 0.4) is 0 Å². The van der Waals surface area contributed by atoms with Crippen LogP contribution in [-0.2, 0) is 11.2 Å². The molecule has 0 aliphatic carbocycles. The second kappa shape index (κ2) is 9.25. The maximum Gasteiger partial charge on any atom is 0.226 e. The zero-order valence-corrected chi connectivity index (χ0v) is 17.3. The lowest BCUT2D eigenvalue weighted by atomic mass is 10.1. The zero-order valence-electron chi connectivity index (χ0n) is 17.3. The summed E-state index contributed by atoms with van der Waals surface area (Å²) in [5.74, 6) is 2.08. The number of carbonyl (C=O) groups excluding carboxylic acids is 1. The van der Waals surface area contributed by atoms with E-state index >= 15 is 0 Å². The smallest absolute Gasteiger partial charge is 0.226 e. The molecule has 2 aromatic heterocycles. The van der Waals surface area contributed by atoms with Gasteiger partial charge in [0.1, 0.15) is 0 Å². The maximum absolute atomic E-state index is 12.4. The van der Waals surface area contributed by atoms with Crippen LogP contribution in [0.15, 0.2) is 59.3 Å². The molecule has 31 heavy (non-hydrogen) atoms. The Morgan fingerprint density at radius 1 is 1.06 bits per heavy atom. The molecule has 158 valence electrons. The summed E-state index contributed by atoms with van der Waals surface area (Å²) in [4.78, 5) is 21.1. The number of aromatic nitrogens is 3. The highest BCUT2D eigenvalue weighted by molar-refractivity contribution is 6.00. The number of hydrogen-bond donors (Lipinski definition) is 1. The Labute approximate surface area is 179 Å². The average molecular weight is 418 g/mol. The Morgan fingerprint density at radius 3 is 2.77 bits per heavy atom. The highest BCUT2D eigenvalue weighted by atomic mass is 16.5. The molecule has 0 aliphatic heterocycles. The second-order valence-corrected chi connectivity index (χ2v) is 6.86. The Kier molecular flexibility index (Phi) is 6.07. The predicted molar refractivity (Wildman–Crippen MR) is 116 cm³/mol. The minimum atomic E-state index is -0.0732. The van der Waals surface area contributed by atoms with Gasteiger partial charge in [0.15, 0.2) is 11.5 Å². The molecule has 0 aliphatic rings. The molecule has 2 heterocycles. The quantitative estimate of drug-likeness (QED) is 0.456. The van der Waals surface area contributed by atoms with Crippen LogP contribution in [0.4, 0.5) is 5.69 Å². The van der Waals surface area contributed by atoms with Gasteiger partial charge < -0.3 is 19.3 Å². The van der Waals surface area contributed by atoms with Gasteiger partial charge in [0.25, 0.3) is 0 Å². The highest BCUT2D eigenvalue weighted by Crippen LogP contribution is 2.31. The molecule has 0 atom stereocenters. The van der Waals surface area contributed by atoms with Crippen molar-refractivity contribution in [3.8, 4) is 22.9 Å². The molecular weight excluding hydrogens is 396 g/mol. The molecule has 8 heteroatoms. The van der Waals surface area contributed by atoms with Gasteiger partial charge in [-0.2, -0.15) is 4.98 Å². The number of pyridine rings is 1. The standard InChI is InChI=1S/C23H22N4O4/c1-29-19-12-11-15(14-20(19)30-2)23-26-22(31-27-23)10-4-9-21(28)25-18-8-3-7-17-16(18)6-5-13-24-17/h3,5-8,11-14H,4,9-10H2,1-2H3,(H,25,28). The van der Waals surface area contributed by atoms with Crippen molar-refractivity contribution in [2.24, 2.45) is 0 Å². The minimum Gasteiger partial charge on any atom is -0.493 e. The van der Waals surface area contributed by atoms with E-state index in [-0.39, 0.29) is 5.91 Å². The summed E-state index contributed by atoms with van der Waals surface area (Å²) in [5, 5.41) is 7.89. The van der Waals surface area contributed by atoms with Crippen molar-refractivity contribution in [3.63, 3.8) is 0 Å². The van der Waals surface area contributed by atoms with Crippen LogP contribution >= 0.6 is 0 Å². The first-order chi connectivity index (χ1) is 15.2. The SMILES string of the molecule is COc1ccc(-c2noc(CCCC(=O)Nc3cccc4ncccc34)n2)cc1OC. The fraction of sp³-hybridized carbons (Fsp3) is 0.217. The van der Waals surface area contributed by atoms with Gasteiger partial charge in [0.2, 0.25) is 17.6 Å². The lowest BCUT2D eigenvalue weighted by Crippen LogP contribution is -2.11. The fourth-order valence-electron chi connectivity index (χ4n) is 3.27. The molecule has 8 nitrogen and oxygen atoms in total. The van der Waals surface area contributed by atoms with Gasteiger partial charge in [0, 0.05) is 30.0 Å². The van der Waals surface area contributed by atoms with Gasteiger partial charge in [-0.05, 0) is 48.9 Å². The largest absolute Gasteiger partial charge is 0.493 e. The van der Waals surface area contributed by atoms with E-state index in [4.69, 9.17) is 14.0 Å². The summed E-state index contributed by atoms with van der Waals surface area (Å²) in [6, 6.07) is 14.9. The second-order valence-electron chi connectivity index (χ2n) is 6.86. The molecule has 0 unspecified atom stereocenters. The molecule has 0 saturated carbocycles. The first-order valence-corrected chi connectivity index (χ1v) is 9.86. The molecule has 1 amide bonds. The number of fused-ring (bicyclic) bond motifs is 1. The molecule has 4 rings (SSSR count). The van der Waals surface area contributed by atoms with Crippen molar-refractivity contribution in [1.29, 1.82) is 0 Å². The van der Waals surface area contributed by atoms with E-state index in [9.17, 15) is 4.79 Å². The van der Waals surface area contributed by atoms with Crippen LogP contribution < -0.4 is 14.8 Å². The summed E-state index contributed by atoms with van der Waals surface area (Å²) in [6.45, 7) is 0. The van der Waals surface area contributed by atoms with E-state index in [1.54, 1.807) is 32.5 Å². The third-order valence-corrected chi connectivity index (χ3v) is 4.82. The third-order valence-electron chi connectivity index (χ3n) is 4.82. The number of hydrogen-bond acceptors (Lipinski definition) is 7. The number of anilines is 1. The molecule has 1 N–H and O–H groups in total. The molecule has 0 fully saturated rings. The first-order valence-electron chi connectivity index (χ1n) is 9.86. The van der Waals surface area contributed by atoms with Crippen molar-refractivity contribution >= 4 is 22.5 Å². The normalized spacial score (nSPS) is 10.8. The van der Waals surface area contributed by atoms with Gasteiger partial charge in [-0.25, -0.2) is 0 Å². The number of carbonyl (C=O) groups is 1. The van der Waals surface area contributed by atoms with Gasteiger partial charge >= 0.3 is 0 Å². The van der Waals surface area contributed by atoms with Gasteiger partial charge in [-0.3, -0.25) is 9.78 Å². The highest BCUT2D eigenvalue weighted by Gasteiger charge is 2.13. The molecular formula is C23H22N4O4. The van der Waals surface area contributed by atoms with E-state index < -0.39 is 0 Å². The van der Waals surface area contributed by atoms with E-state index in [2.05, 4.69) is 20.4 Å². The van der Waals surface area contributed by atoms with Crippen molar-refractivity contribution in [2.75, 3.05) is 19.5 Å². The summed E-state index contributed by atoms with van der Waals surface area (Å²) < 4.78 is 15.9. The molecule has 2 aromatic carbocycles. The van der Waals surface area contributed by atoms with Crippen LogP contribution in [0.5, 0.6) is 11.5 Å². The van der Waals surface area contributed by atoms with Gasteiger partial charge in [-0.15, -0.1) is 0 Å². The van der Waals surface area contributed by atoms with Crippen LogP contribution in [-0.4, -0.2) is 35.3 Å². The lowest BCUT2D eigenvalue weighted by Gasteiger charge is -2.08. The van der Waals surface area contributed by atoms with Crippen molar-refractivity contribution in [3.05, 3.63) is 60.6 Å². The first kappa shape index (κ1) is 20.3. The molecule has 4 aromatic rings. The summed E-state index contributed by atoms with van der Waals surface area (Å²) in [7, 11) is 3.15. The average Bonchev–Trinajstić information content (AvgIpc) is 3.28. The summed E-state index contributed by atoms with van der Waals surface area (Å²) in [6.07, 6.45) is 3.16. The van der Waals surface area contributed by atoms with Crippen LogP contribution in [0.25, 0.3) is 22.3 Å². The van der Waals surface area contributed by atoms with Crippen molar-refractivity contribution in [2.45, 2.75) is 19.3 Å². The van der Waals surface area contributed by atoms with Gasteiger partial charge in [-0.1, -0.05) is 11.2 Å². The van der Waals surface area contributed by atoms with Crippen molar-refractivity contribution < 1.29 is 18.8 Å². The monoisotopic (exact) mass is 418 g/mol. The molecule has 0 saturated heterocycles. The Morgan fingerprint density at radius 2 is 1.94 bits per heavy atom. The molecule has 0 radical (unpaired) electrons. The number of methoxy groups -OCH3 is 2. The van der Waals surface area contributed by atoms with E-state index in [1.807, 2.05) is 36.4 Å². The number of aryl methyl sites for hydroxylation is 1. The number of ether oxygens (including phenoxy) is 2. The number of nitrogens with zero attached hydrogens (tertiary/aromatic N) is 3. The predicted octanol–water partition coefficient (Wildman–Crippen LogP) is 4.26. The van der Waals surface area contributed by atoms with Crippen LogP contribution in [0.1, 0.15) is 18.7 Å². The number of nitrogens with one attached hydrogen (secondary N) is 1. The maximum atomic E-state index is 12.4. The summed E-state index contributed by atoms with van der Waals surface area (Å²) in [5.41, 5.74) is 2.35. The van der Waals surface area contributed by atoms with E-state index in [0.717, 1.165) is 22.2 Å². The Balaban J connectivity index is 1.34. The number of benzene rings is 2. The molecule has 0 spiro atoms. The lowest BCUT2D eigenvalue weighted by molar-refractivity contribution is -0.116. The zero-order chi connectivity index (χ0) is 21.6. The summed E-state index contributed by atoms with van der Waals surface area (Å²) >= 11 is 0. The van der Waals surface area contributed by atoms with Crippen LogP contribution in [0, 0.1) is 0 Å². The Hall–Kier alpha value is -3.94.